The lowest BCUT2D eigenvalue weighted by Crippen LogP contribution is -2.52. The molecule has 5 rings (SSSR count). The zero-order valence-electron chi connectivity index (χ0n) is 19.1. The summed E-state index contributed by atoms with van der Waals surface area (Å²) in [5, 5.41) is 12.6. The number of carbonyl (C=O) groups is 2. The Morgan fingerprint density at radius 3 is 2.69 bits per heavy atom. The molecule has 1 saturated heterocycles. The highest BCUT2D eigenvalue weighted by Gasteiger charge is 2.45. The monoisotopic (exact) mass is 435 g/mol. The highest BCUT2D eigenvalue weighted by Crippen LogP contribution is 2.40. The van der Waals surface area contributed by atoms with Gasteiger partial charge in [-0.2, -0.15) is 10.2 Å². The number of Topliss-reactive ketones (excluding diaryl/α,β-unsaturated/α-hetero) is 1. The van der Waals surface area contributed by atoms with Gasteiger partial charge in [-0.25, -0.2) is 0 Å². The standard InChI is InChI=1S/C24H29N5O3/c1-5-15-10-16(11-17-13-25-26-20(15)17)22(31)28-8-6-24(7-9-28)12-18(30)21-19(32-24)14-29(27-21)23(2,3)4/h10-11,13-14H,5-9,12H2,1-4H3,(H,25,26). The van der Waals surface area contributed by atoms with E-state index >= 15 is 0 Å². The van der Waals surface area contributed by atoms with E-state index in [1.165, 1.54) is 0 Å². The number of amides is 1. The van der Waals surface area contributed by atoms with Crippen LogP contribution in [0.15, 0.2) is 24.5 Å². The van der Waals surface area contributed by atoms with Crippen molar-refractivity contribution in [1.29, 1.82) is 0 Å². The fraction of sp³-hybridized carbons (Fsp3) is 0.500. The van der Waals surface area contributed by atoms with Crippen LogP contribution in [0.1, 0.15) is 73.4 Å². The van der Waals surface area contributed by atoms with Crippen LogP contribution in [-0.4, -0.2) is 55.3 Å². The Hall–Kier alpha value is -3.16. The van der Waals surface area contributed by atoms with Crippen molar-refractivity contribution in [2.24, 2.45) is 0 Å². The van der Waals surface area contributed by atoms with Crippen molar-refractivity contribution in [1.82, 2.24) is 24.9 Å². The maximum absolute atomic E-state index is 13.3. The van der Waals surface area contributed by atoms with Crippen molar-refractivity contribution in [2.45, 2.75) is 64.5 Å². The zero-order valence-corrected chi connectivity index (χ0v) is 19.1. The number of benzene rings is 1. The minimum atomic E-state index is -0.560. The van der Waals surface area contributed by atoms with Gasteiger partial charge in [-0.1, -0.05) is 6.92 Å². The number of hydrogen-bond acceptors (Lipinski definition) is 5. The molecule has 4 heterocycles. The fourth-order valence-electron chi connectivity index (χ4n) is 4.73. The molecule has 0 unspecified atom stereocenters. The van der Waals surface area contributed by atoms with E-state index in [0.717, 1.165) is 22.9 Å². The first-order chi connectivity index (χ1) is 15.2. The number of nitrogens with one attached hydrogen (secondary N) is 1. The van der Waals surface area contributed by atoms with Gasteiger partial charge in [-0.3, -0.25) is 19.4 Å². The average Bonchev–Trinajstić information content (AvgIpc) is 3.40. The van der Waals surface area contributed by atoms with Gasteiger partial charge in [-0.05, 0) is 44.9 Å². The second kappa shape index (κ2) is 7.18. The number of ether oxygens (including phenoxy) is 1. The molecule has 168 valence electrons. The molecule has 0 atom stereocenters. The first-order valence-electron chi connectivity index (χ1n) is 11.3. The number of hydrogen-bond donors (Lipinski definition) is 1. The van der Waals surface area contributed by atoms with E-state index in [2.05, 4.69) is 22.2 Å². The lowest BCUT2D eigenvalue weighted by molar-refractivity contribution is -0.00586. The summed E-state index contributed by atoms with van der Waals surface area (Å²) in [5.41, 5.74) is 2.39. The molecular formula is C24H29N5O3. The van der Waals surface area contributed by atoms with Crippen LogP contribution in [0.3, 0.4) is 0 Å². The van der Waals surface area contributed by atoms with Crippen LogP contribution in [0.25, 0.3) is 10.9 Å². The number of piperidine rings is 1. The van der Waals surface area contributed by atoms with Crippen molar-refractivity contribution >= 4 is 22.6 Å². The maximum Gasteiger partial charge on any atom is 0.253 e. The third-order valence-electron chi connectivity index (χ3n) is 6.66. The average molecular weight is 436 g/mol. The van der Waals surface area contributed by atoms with E-state index < -0.39 is 5.60 Å². The Morgan fingerprint density at radius 2 is 2.00 bits per heavy atom. The van der Waals surface area contributed by atoms with E-state index in [1.807, 2.05) is 44.0 Å². The lowest BCUT2D eigenvalue weighted by Gasteiger charge is -2.43. The minimum absolute atomic E-state index is 0.0148. The number of H-pyrrole nitrogens is 1. The van der Waals surface area contributed by atoms with Crippen molar-refractivity contribution in [3.8, 4) is 5.75 Å². The molecule has 0 bridgehead atoms. The van der Waals surface area contributed by atoms with Gasteiger partial charge in [0, 0.05) is 36.9 Å². The number of aromatic nitrogens is 4. The zero-order chi connectivity index (χ0) is 22.7. The molecule has 3 aromatic rings. The molecule has 8 nitrogen and oxygen atoms in total. The van der Waals surface area contributed by atoms with Crippen molar-refractivity contribution in [3.05, 3.63) is 41.3 Å². The van der Waals surface area contributed by atoms with Crippen molar-refractivity contribution < 1.29 is 14.3 Å². The maximum atomic E-state index is 13.3. The summed E-state index contributed by atoms with van der Waals surface area (Å²) in [6.45, 7) is 9.31. The first-order valence-corrected chi connectivity index (χ1v) is 11.3. The van der Waals surface area contributed by atoms with Gasteiger partial charge in [0.2, 0.25) is 0 Å². The third kappa shape index (κ3) is 3.38. The number of nitrogens with zero attached hydrogens (tertiary/aromatic N) is 4. The Labute approximate surface area is 186 Å². The third-order valence-corrected chi connectivity index (χ3v) is 6.66. The van der Waals surface area contributed by atoms with Crippen LogP contribution in [0.4, 0.5) is 0 Å². The quantitative estimate of drug-likeness (QED) is 0.662. The van der Waals surface area contributed by atoms with E-state index in [1.54, 1.807) is 10.9 Å². The van der Waals surface area contributed by atoms with Crippen LogP contribution < -0.4 is 4.74 Å². The van der Waals surface area contributed by atoms with Gasteiger partial charge < -0.3 is 9.64 Å². The van der Waals surface area contributed by atoms with E-state index in [-0.39, 0.29) is 17.2 Å². The summed E-state index contributed by atoms with van der Waals surface area (Å²) in [4.78, 5) is 28.0. The molecule has 2 aliphatic rings. The molecule has 1 N–H and O–H groups in total. The summed E-state index contributed by atoms with van der Waals surface area (Å²) in [7, 11) is 0. The highest BCUT2D eigenvalue weighted by atomic mass is 16.5. The summed E-state index contributed by atoms with van der Waals surface area (Å²) in [5.74, 6) is 0.599. The number of aromatic amines is 1. The lowest BCUT2D eigenvalue weighted by atomic mass is 9.83. The van der Waals surface area contributed by atoms with Crippen LogP contribution in [0.5, 0.6) is 5.75 Å². The molecule has 2 aliphatic heterocycles. The SMILES string of the molecule is CCc1cc(C(=O)N2CCC3(CC2)CC(=O)c2nn(C(C)(C)C)cc2O3)cc2cn[nH]c12. The largest absolute Gasteiger partial charge is 0.483 e. The number of ketones is 1. The summed E-state index contributed by atoms with van der Waals surface area (Å²) < 4.78 is 8.17. The van der Waals surface area contributed by atoms with Crippen LogP contribution in [0.2, 0.25) is 0 Å². The van der Waals surface area contributed by atoms with Gasteiger partial charge in [0.25, 0.3) is 5.91 Å². The fourth-order valence-corrected chi connectivity index (χ4v) is 4.73. The van der Waals surface area contributed by atoms with Crippen molar-refractivity contribution in [3.63, 3.8) is 0 Å². The molecule has 1 amide bonds. The number of carbonyl (C=O) groups excluding carboxylic acids is 2. The van der Waals surface area contributed by atoms with E-state index in [9.17, 15) is 9.59 Å². The highest BCUT2D eigenvalue weighted by molar-refractivity contribution is 6.00. The molecule has 1 spiro atoms. The van der Waals surface area contributed by atoms with Crippen LogP contribution >= 0.6 is 0 Å². The molecule has 0 saturated carbocycles. The summed E-state index contributed by atoms with van der Waals surface area (Å²) >= 11 is 0. The number of aryl methyl sites for hydroxylation is 1. The Kier molecular flexibility index (Phi) is 4.65. The predicted molar refractivity (Wildman–Crippen MR) is 120 cm³/mol. The van der Waals surface area contributed by atoms with Crippen molar-refractivity contribution in [2.75, 3.05) is 13.1 Å². The van der Waals surface area contributed by atoms with Crippen LogP contribution in [0, 0.1) is 0 Å². The first kappa shape index (κ1) is 20.7. The normalized spacial score (nSPS) is 18.1. The van der Waals surface area contributed by atoms with Gasteiger partial charge in [-0.15, -0.1) is 0 Å². The molecule has 0 radical (unpaired) electrons. The predicted octanol–water partition coefficient (Wildman–Crippen LogP) is 3.72. The van der Waals surface area contributed by atoms with E-state index in [4.69, 9.17) is 4.74 Å². The summed E-state index contributed by atoms with van der Waals surface area (Å²) in [6.07, 6.45) is 5.97. The second-order valence-corrected chi connectivity index (χ2v) is 9.96. The second-order valence-electron chi connectivity index (χ2n) is 9.96. The molecule has 8 heteroatoms. The molecular weight excluding hydrogens is 406 g/mol. The molecule has 2 aromatic heterocycles. The van der Waals surface area contributed by atoms with Crippen LogP contribution in [-0.2, 0) is 12.0 Å². The molecule has 1 fully saturated rings. The number of rotatable bonds is 2. The van der Waals surface area contributed by atoms with Gasteiger partial charge in [0.05, 0.1) is 29.9 Å². The van der Waals surface area contributed by atoms with E-state index in [0.29, 0.717) is 49.4 Å². The Morgan fingerprint density at radius 1 is 1.25 bits per heavy atom. The Bertz CT molecular complexity index is 1210. The molecule has 1 aromatic carbocycles. The smallest absolute Gasteiger partial charge is 0.253 e. The van der Waals surface area contributed by atoms with Gasteiger partial charge in [0.15, 0.2) is 17.2 Å². The minimum Gasteiger partial charge on any atom is -0.483 e. The topological polar surface area (TPSA) is 93.1 Å². The summed E-state index contributed by atoms with van der Waals surface area (Å²) in [6, 6.07) is 3.86. The molecule has 32 heavy (non-hydrogen) atoms. The van der Waals surface area contributed by atoms with Gasteiger partial charge >= 0.3 is 0 Å². The van der Waals surface area contributed by atoms with Gasteiger partial charge in [0.1, 0.15) is 5.60 Å². The Balaban J connectivity index is 1.33. The number of likely N-dealkylation sites (tertiary alicyclic amines) is 1. The molecule has 0 aliphatic carbocycles. The number of fused-ring (bicyclic) bond motifs is 2.